The minimum atomic E-state index is -0.0764. The zero-order valence-corrected chi connectivity index (χ0v) is 15.7. The van der Waals surface area contributed by atoms with Crippen molar-refractivity contribution in [2.24, 2.45) is 0 Å². The van der Waals surface area contributed by atoms with Crippen molar-refractivity contribution in [1.29, 1.82) is 0 Å². The molecular weight excluding hydrogens is 501 g/mol. The molecule has 0 saturated heterocycles. The van der Waals surface area contributed by atoms with Crippen LogP contribution in [0.25, 0.3) is 15.9 Å². The maximum absolute atomic E-state index is 8.67. The number of thiazole rings is 1. The van der Waals surface area contributed by atoms with Crippen molar-refractivity contribution in [1.82, 2.24) is 4.57 Å². The molecule has 3 aromatic carbocycles. The van der Waals surface area contributed by atoms with Gasteiger partial charge in [-0.2, -0.15) is 18.2 Å². The Morgan fingerprint density at radius 1 is 0.833 bits per heavy atom. The molecule has 124 valence electrons. The molecule has 5 heteroatoms. The van der Waals surface area contributed by atoms with E-state index in [0.717, 1.165) is 5.69 Å². The Bertz CT molecular complexity index is 888. The number of phenolic OH excluding ortho intramolecular Hbond substituents is 2. The quantitative estimate of drug-likeness (QED) is 0.280. The van der Waals surface area contributed by atoms with E-state index in [9.17, 15) is 0 Å². The van der Waals surface area contributed by atoms with Crippen molar-refractivity contribution in [3.05, 3.63) is 84.4 Å². The van der Waals surface area contributed by atoms with Crippen molar-refractivity contribution < 1.29 is 31.3 Å². The van der Waals surface area contributed by atoms with E-state index in [1.54, 1.807) is 23.5 Å². The van der Waals surface area contributed by atoms with E-state index in [4.69, 9.17) is 10.2 Å². The Labute approximate surface area is 158 Å². The Morgan fingerprint density at radius 2 is 1.46 bits per heavy atom. The maximum Gasteiger partial charge on any atom is 0.181 e. The summed E-state index contributed by atoms with van der Waals surface area (Å²) in [5.74, 6) is -0.153. The van der Waals surface area contributed by atoms with Crippen LogP contribution in [0, 0.1) is 6.07 Å². The minimum absolute atomic E-state index is 0. The van der Waals surface area contributed by atoms with Crippen LogP contribution in [0.2, 0.25) is 0 Å². The molecule has 0 atom stereocenters. The van der Waals surface area contributed by atoms with Crippen LogP contribution in [0.3, 0.4) is 0 Å². The largest absolute Gasteiger partial charge is 0.504 e. The van der Waals surface area contributed by atoms with Gasteiger partial charge in [-0.15, -0.1) is 12.1 Å². The second-order valence-electron chi connectivity index (χ2n) is 4.80. The third kappa shape index (κ3) is 4.22. The van der Waals surface area contributed by atoms with Gasteiger partial charge in [0.1, 0.15) is 0 Å². The number of phenols is 2. The van der Waals surface area contributed by atoms with Crippen LogP contribution in [-0.2, 0) is 21.1 Å². The normalized spacial score (nSPS) is 9.67. The van der Waals surface area contributed by atoms with Crippen molar-refractivity contribution in [2.45, 2.75) is 0 Å². The van der Waals surface area contributed by atoms with Gasteiger partial charge in [0.2, 0.25) is 0 Å². The molecule has 3 nitrogen and oxygen atoms in total. The third-order valence-corrected chi connectivity index (χ3v) is 4.16. The Kier molecular flexibility index (Phi) is 6.53. The van der Waals surface area contributed by atoms with Crippen LogP contribution in [0.1, 0.15) is 0 Å². The number of para-hydroxylation sites is 4. The minimum Gasteiger partial charge on any atom is -0.504 e. The molecule has 1 aromatic heterocycles. The number of aromatic hydroxyl groups is 2. The number of aromatic nitrogens is 1. The molecule has 24 heavy (non-hydrogen) atoms. The molecule has 1 heterocycles. The zero-order valence-electron chi connectivity index (χ0n) is 12.6. The molecule has 0 aliphatic rings. The first kappa shape index (κ1) is 18.2. The summed E-state index contributed by atoms with van der Waals surface area (Å²) in [4.78, 5) is 0. The van der Waals surface area contributed by atoms with E-state index in [1.807, 2.05) is 18.2 Å². The second kappa shape index (κ2) is 8.62. The first-order valence-electron chi connectivity index (χ1n) is 7.07. The topological polar surface area (TPSA) is 45.4 Å². The van der Waals surface area contributed by atoms with Gasteiger partial charge in [-0.25, -0.2) is 4.57 Å². The average Bonchev–Trinajstić information content (AvgIpc) is 3.03. The van der Waals surface area contributed by atoms with Crippen LogP contribution in [0.15, 0.2) is 78.3 Å². The number of fused-ring (bicyclic) bond motifs is 1. The summed E-state index contributed by atoms with van der Waals surface area (Å²) in [6.45, 7) is 0. The van der Waals surface area contributed by atoms with Gasteiger partial charge in [-0.3, -0.25) is 0 Å². The van der Waals surface area contributed by atoms with Crippen LogP contribution < -0.4 is 0 Å². The van der Waals surface area contributed by atoms with Crippen molar-refractivity contribution in [3.63, 3.8) is 0 Å². The van der Waals surface area contributed by atoms with E-state index in [1.165, 1.54) is 22.3 Å². The van der Waals surface area contributed by atoms with Gasteiger partial charge in [-0.05, 0) is 35.6 Å². The number of hydrogen-bond acceptors (Lipinski definition) is 3. The SMILES string of the molecule is Oc1ccccc1O.[Pt].[c-]1ccccc1-n1[cH+]sc2ccccc21. The fourth-order valence-corrected chi connectivity index (χ4v) is 3.00. The van der Waals surface area contributed by atoms with E-state index in [-0.39, 0.29) is 32.6 Å². The van der Waals surface area contributed by atoms with Gasteiger partial charge in [0.05, 0.1) is 0 Å². The Hall–Kier alpha value is -2.16. The average molecular weight is 516 g/mol. The number of rotatable bonds is 1. The van der Waals surface area contributed by atoms with E-state index < -0.39 is 0 Å². The van der Waals surface area contributed by atoms with Crippen LogP contribution in [0.5, 0.6) is 11.5 Å². The fourth-order valence-electron chi connectivity index (χ4n) is 2.11. The van der Waals surface area contributed by atoms with E-state index in [2.05, 4.69) is 46.5 Å². The standard InChI is InChI=1S/C13H9NS.C6H6O2.Pt/c1-2-6-11(7-3-1)14-10-15-13-9-5-4-8-12(13)14;7-5-3-1-2-4-6(5)8;/h1-6,8-10H;1-4,7-8H;. The molecule has 4 rings (SSSR count). The van der Waals surface area contributed by atoms with Crippen molar-refractivity contribution in [3.8, 4) is 17.2 Å². The number of nitrogens with zero attached hydrogens (tertiary/aromatic N) is 1. The summed E-state index contributed by atoms with van der Waals surface area (Å²) in [7, 11) is 0. The molecule has 2 N–H and O–H groups in total. The molecule has 0 aliphatic carbocycles. The van der Waals surface area contributed by atoms with Gasteiger partial charge in [0.15, 0.2) is 27.2 Å². The van der Waals surface area contributed by atoms with Crippen LogP contribution in [0.4, 0.5) is 0 Å². The van der Waals surface area contributed by atoms with Gasteiger partial charge >= 0.3 is 0 Å². The Morgan fingerprint density at radius 3 is 2.08 bits per heavy atom. The van der Waals surface area contributed by atoms with Crippen molar-refractivity contribution in [2.75, 3.05) is 0 Å². The first-order chi connectivity index (χ1) is 11.3. The smallest absolute Gasteiger partial charge is 0.181 e. The summed E-state index contributed by atoms with van der Waals surface area (Å²) < 4.78 is 3.47. The molecule has 0 saturated carbocycles. The van der Waals surface area contributed by atoms with Gasteiger partial charge in [-0.1, -0.05) is 12.1 Å². The molecule has 4 aromatic rings. The molecule has 0 fully saturated rings. The van der Waals surface area contributed by atoms with Gasteiger partial charge < -0.3 is 10.2 Å². The zero-order chi connectivity index (χ0) is 16.1. The first-order valence-corrected chi connectivity index (χ1v) is 7.95. The third-order valence-electron chi connectivity index (χ3n) is 3.24. The van der Waals surface area contributed by atoms with Crippen LogP contribution in [-0.4, -0.2) is 14.8 Å². The van der Waals surface area contributed by atoms with E-state index in [0.29, 0.717) is 0 Å². The molecule has 0 aliphatic heterocycles. The summed E-state index contributed by atoms with van der Waals surface area (Å²) >= 11 is 1.75. The van der Waals surface area contributed by atoms with Gasteiger partial charge in [0.25, 0.3) is 0 Å². The summed E-state index contributed by atoms with van der Waals surface area (Å²) in [5.41, 5.74) is 4.45. The van der Waals surface area contributed by atoms with Crippen LogP contribution >= 0.6 is 11.3 Å². The number of benzene rings is 3. The monoisotopic (exact) mass is 516 g/mol. The van der Waals surface area contributed by atoms with Crippen molar-refractivity contribution >= 4 is 21.6 Å². The molecule has 0 unspecified atom stereocenters. The predicted octanol–water partition coefficient (Wildman–Crippen LogP) is 4.87. The summed E-state index contributed by atoms with van der Waals surface area (Å²) in [6, 6.07) is 25.8. The Balaban J connectivity index is 0.000000199. The molecule has 0 radical (unpaired) electrons. The predicted molar refractivity (Wildman–Crippen MR) is 94.2 cm³/mol. The molecular formula is C19H15NO2PtS. The molecule has 0 spiro atoms. The van der Waals surface area contributed by atoms with E-state index >= 15 is 0 Å². The second-order valence-corrected chi connectivity index (χ2v) is 5.68. The molecule has 0 bridgehead atoms. The van der Waals surface area contributed by atoms with Gasteiger partial charge in [0, 0.05) is 38.9 Å². The summed E-state index contributed by atoms with van der Waals surface area (Å²) in [5, 5.41) is 17.3. The maximum atomic E-state index is 8.67. The summed E-state index contributed by atoms with van der Waals surface area (Å²) in [6.07, 6.45) is 0. The number of hydrogen-bond donors (Lipinski definition) is 2. The fraction of sp³-hybridized carbons (Fsp3) is 0. The molecule has 0 amide bonds.